The normalized spacial score (nSPS) is 14.7. The van der Waals surface area contributed by atoms with Crippen LogP contribution in [0.2, 0.25) is 0 Å². The number of carboxylic acid groups (broad SMARTS) is 1. The van der Waals surface area contributed by atoms with Crippen molar-refractivity contribution in [3.63, 3.8) is 0 Å². The highest BCUT2D eigenvalue weighted by Gasteiger charge is 2.44. The van der Waals surface area contributed by atoms with Gasteiger partial charge in [-0.3, -0.25) is 4.79 Å². The molecule has 2 aromatic rings. The summed E-state index contributed by atoms with van der Waals surface area (Å²) in [5.74, 6) is -3.00. The first-order valence-corrected chi connectivity index (χ1v) is 11.9. The molecule has 1 aliphatic rings. The fourth-order valence-electron chi connectivity index (χ4n) is 3.72. The number of rotatable bonds is 9. The van der Waals surface area contributed by atoms with E-state index in [0.717, 1.165) is 34.0 Å². The number of benzene rings is 2. The molecular formula is C25H29NO6S. The van der Waals surface area contributed by atoms with Gasteiger partial charge in [0.15, 0.2) is 0 Å². The third kappa shape index (κ3) is 5.75. The predicted molar refractivity (Wildman–Crippen MR) is 127 cm³/mol. The van der Waals surface area contributed by atoms with Gasteiger partial charge in [-0.15, -0.1) is 0 Å². The van der Waals surface area contributed by atoms with E-state index in [-0.39, 0.29) is 30.5 Å². The first kappa shape index (κ1) is 24.8. The molecule has 0 saturated carbocycles. The van der Waals surface area contributed by atoms with Crippen molar-refractivity contribution in [3.8, 4) is 11.1 Å². The number of fused-ring (bicyclic) bond motifs is 3. The van der Waals surface area contributed by atoms with E-state index in [0.29, 0.717) is 0 Å². The number of nitrogens with two attached hydrogens (primary N) is 1. The smallest absolute Gasteiger partial charge is 0.338 e. The lowest BCUT2D eigenvalue weighted by molar-refractivity contribution is -0.160. The zero-order valence-electron chi connectivity index (χ0n) is 19.0. The van der Waals surface area contributed by atoms with Crippen molar-refractivity contribution >= 4 is 29.7 Å². The van der Waals surface area contributed by atoms with Gasteiger partial charge in [-0.05, 0) is 43.0 Å². The van der Waals surface area contributed by atoms with Crippen LogP contribution in [0.3, 0.4) is 0 Å². The number of thioether (sulfide) groups is 1. The number of carboxylic acids is 1. The minimum absolute atomic E-state index is 0.0122. The molecule has 0 radical (unpaired) electrons. The molecule has 0 amide bonds. The van der Waals surface area contributed by atoms with Gasteiger partial charge in [-0.1, -0.05) is 48.5 Å². The first-order valence-electron chi connectivity index (χ1n) is 10.7. The summed E-state index contributed by atoms with van der Waals surface area (Å²) in [5.41, 5.74) is 7.35. The summed E-state index contributed by atoms with van der Waals surface area (Å²) >= 11 is 1.10. The Bertz CT molecular complexity index is 1000. The molecule has 0 unspecified atom stereocenters. The van der Waals surface area contributed by atoms with Crippen LogP contribution < -0.4 is 5.73 Å². The lowest BCUT2D eigenvalue weighted by Crippen LogP contribution is -2.58. The van der Waals surface area contributed by atoms with Crippen molar-refractivity contribution < 1.29 is 29.0 Å². The van der Waals surface area contributed by atoms with Crippen LogP contribution in [0.1, 0.15) is 44.2 Å². The number of ether oxygens (including phenoxy) is 2. The van der Waals surface area contributed by atoms with Crippen molar-refractivity contribution in [1.29, 1.82) is 0 Å². The SMILES string of the molecule is CC(C)(C)OC(=O)CCSC[C@@](N)(C(=O)O)C(=O)OCC1c2ccccc2-c2ccccc21. The highest BCUT2D eigenvalue weighted by molar-refractivity contribution is 7.99. The average molecular weight is 472 g/mol. The zero-order valence-corrected chi connectivity index (χ0v) is 19.8. The fraction of sp³-hybridized carbons (Fsp3) is 0.400. The molecule has 0 fully saturated rings. The van der Waals surface area contributed by atoms with Gasteiger partial charge < -0.3 is 20.3 Å². The molecule has 0 spiro atoms. The Kier molecular flexibility index (Phi) is 7.49. The van der Waals surface area contributed by atoms with Crippen LogP contribution in [0, 0.1) is 0 Å². The summed E-state index contributed by atoms with van der Waals surface area (Å²) in [5, 5.41) is 9.64. The van der Waals surface area contributed by atoms with E-state index in [4.69, 9.17) is 15.2 Å². The maximum atomic E-state index is 12.8. The lowest BCUT2D eigenvalue weighted by Gasteiger charge is -2.24. The molecule has 0 aliphatic heterocycles. The molecular weight excluding hydrogens is 442 g/mol. The van der Waals surface area contributed by atoms with Gasteiger partial charge in [0.1, 0.15) is 12.2 Å². The Morgan fingerprint density at radius 1 is 1.00 bits per heavy atom. The van der Waals surface area contributed by atoms with Crippen molar-refractivity contribution in [3.05, 3.63) is 59.7 Å². The topological polar surface area (TPSA) is 116 Å². The van der Waals surface area contributed by atoms with Crippen LogP contribution in [-0.4, -0.2) is 52.3 Å². The first-order chi connectivity index (χ1) is 15.5. The van der Waals surface area contributed by atoms with Crippen LogP contribution in [0.5, 0.6) is 0 Å². The monoisotopic (exact) mass is 471 g/mol. The Hall–Kier alpha value is -2.84. The molecule has 3 N–H and O–H groups in total. The average Bonchev–Trinajstić information content (AvgIpc) is 3.07. The molecule has 3 rings (SSSR count). The lowest BCUT2D eigenvalue weighted by atomic mass is 9.98. The van der Waals surface area contributed by atoms with Crippen LogP contribution in [-0.2, 0) is 23.9 Å². The number of aliphatic carboxylic acids is 1. The Morgan fingerprint density at radius 3 is 2.06 bits per heavy atom. The molecule has 8 heteroatoms. The zero-order chi connectivity index (χ0) is 24.2. The van der Waals surface area contributed by atoms with Crippen LogP contribution in [0.15, 0.2) is 48.5 Å². The molecule has 0 saturated heterocycles. The minimum atomic E-state index is -2.21. The number of carbonyl (C=O) groups is 3. The minimum Gasteiger partial charge on any atom is -0.479 e. The number of carbonyl (C=O) groups excluding carboxylic acids is 2. The molecule has 0 heterocycles. The predicted octanol–water partition coefficient (Wildman–Crippen LogP) is 3.59. The second kappa shape index (κ2) is 9.97. The highest BCUT2D eigenvalue weighted by atomic mass is 32.2. The van der Waals surface area contributed by atoms with E-state index in [9.17, 15) is 19.5 Å². The Morgan fingerprint density at radius 2 is 1.55 bits per heavy atom. The number of esters is 2. The van der Waals surface area contributed by atoms with Crippen molar-refractivity contribution in [2.24, 2.45) is 5.73 Å². The van der Waals surface area contributed by atoms with Crippen molar-refractivity contribution in [1.82, 2.24) is 0 Å². The summed E-state index contributed by atoms with van der Waals surface area (Å²) in [6.45, 7) is 5.29. The van der Waals surface area contributed by atoms with Gasteiger partial charge in [0.05, 0.1) is 6.42 Å². The standard InChI is InChI=1S/C25H29NO6S/c1-24(2,3)32-21(27)12-13-33-15-25(26,22(28)29)23(30)31-14-20-18-10-6-4-8-16(18)17-9-5-7-11-19(17)20/h4-11,20H,12-15,26H2,1-3H3,(H,28,29)/t25-/m1/s1. The van der Waals surface area contributed by atoms with E-state index in [2.05, 4.69) is 0 Å². The van der Waals surface area contributed by atoms with Gasteiger partial charge in [0.25, 0.3) is 0 Å². The largest absolute Gasteiger partial charge is 0.479 e. The quantitative estimate of drug-likeness (QED) is 0.324. The van der Waals surface area contributed by atoms with Gasteiger partial charge >= 0.3 is 17.9 Å². The summed E-state index contributed by atoms with van der Waals surface area (Å²) in [4.78, 5) is 36.4. The van der Waals surface area contributed by atoms with Crippen molar-refractivity contribution in [2.75, 3.05) is 18.1 Å². The van der Waals surface area contributed by atoms with Crippen LogP contribution in [0.4, 0.5) is 0 Å². The Balaban J connectivity index is 1.62. The highest BCUT2D eigenvalue weighted by Crippen LogP contribution is 2.44. The van der Waals surface area contributed by atoms with Gasteiger partial charge in [-0.25, -0.2) is 9.59 Å². The van der Waals surface area contributed by atoms with Crippen LogP contribution >= 0.6 is 11.8 Å². The summed E-state index contributed by atoms with van der Waals surface area (Å²) in [7, 11) is 0. The van der Waals surface area contributed by atoms with E-state index in [1.165, 1.54) is 0 Å². The molecule has 0 bridgehead atoms. The van der Waals surface area contributed by atoms with Crippen molar-refractivity contribution in [2.45, 2.75) is 44.2 Å². The second-order valence-electron chi connectivity index (χ2n) is 8.99. The summed E-state index contributed by atoms with van der Waals surface area (Å²) in [6.07, 6.45) is 0.0856. The van der Waals surface area contributed by atoms with Gasteiger partial charge in [-0.2, -0.15) is 11.8 Å². The summed E-state index contributed by atoms with van der Waals surface area (Å²) in [6, 6.07) is 15.7. The third-order valence-electron chi connectivity index (χ3n) is 5.29. The molecule has 7 nitrogen and oxygen atoms in total. The van der Waals surface area contributed by atoms with Gasteiger partial charge in [0.2, 0.25) is 5.54 Å². The van der Waals surface area contributed by atoms with E-state index >= 15 is 0 Å². The Labute approximate surface area is 197 Å². The van der Waals surface area contributed by atoms with E-state index in [1.54, 1.807) is 20.8 Å². The molecule has 176 valence electrons. The van der Waals surface area contributed by atoms with E-state index in [1.807, 2.05) is 48.5 Å². The third-order valence-corrected chi connectivity index (χ3v) is 6.44. The van der Waals surface area contributed by atoms with Gasteiger partial charge in [0, 0.05) is 17.4 Å². The van der Waals surface area contributed by atoms with E-state index < -0.39 is 29.0 Å². The summed E-state index contributed by atoms with van der Waals surface area (Å²) < 4.78 is 10.7. The molecule has 1 atom stereocenters. The second-order valence-corrected chi connectivity index (χ2v) is 10.1. The number of hydrogen-bond donors (Lipinski definition) is 2. The molecule has 33 heavy (non-hydrogen) atoms. The molecule has 0 aromatic heterocycles. The number of hydrogen-bond acceptors (Lipinski definition) is 7. The fourth-order valence-corrected chi connectivity index (χ4v) is 4.74. The molecule has 2 aromatic carbocycles. The maximum Gasteiger partial charge on any atom is 0.338 e. The maximum absolute atomic E-state index is 12.8. The molecule has 1 aliphatic carbocycles. The van der Waals surface area contributed by atoms with Crippen LogP contribution in [0.25, 0.3) is 11.1 Å².